The fraction of sp³-hybridized carbons (Fsp3) is 0.500. The van der Waals surface area contributed by atoms with Gasteiger partial charge in [-0.3, -0.25) is 28.2 Å². The molecule has 3 N–H and O–H groups in total. The number of H-pyrrole nitrogens is 1. The van der Waals surface area contributed by atoms with Gasteiger partial charge in [0.2, 0.25) is 0 Å². The molecule has 38 heavy (non-hydrogen) atoms. The fourth-order valence-corrected chi connectivity index (χ4v) is 4.15. The average molecular weight is 553 g/mol. The number of aryl methyl sites for hydroxylation is 1. The van der Waals surface area contributed by atoms with Gasteiger partial charge in [0.15, 0.2) is 6.29 Å². The molecule has 2 heterocycles. The van der Waals surface area contributed by atoms with Gasteiger partial charge in [0.1, 0.15) is 18.1 Å². The van der Waals surface area contributed by atoms with E-state index < -0.39 is 61.7 Å². The molecule has 0 radical (unpaired) electrons. The minimum atomic E-state index is -4.85. The lowest BCUT2D eigenvalue weighted by atomic mass is 9.97. The number of ether oxygens (including phenoxy) is 2. The number of azide groups is 1. The second kappa shape index (κ2) is 11.6. The van der Waals surface area contributed by atoms with Crippen molar-refractivity contribution in [2.24, 2.45) is 10.5 Å². The molecule has 1 aromatic carbocycles. The lowest BCUT2D eigenvalue weighted by molar-refractivity contribution is -0.149. The molecular weight excluding hydrogens is 525 g/mol. The highest BCUT2D eigenvalue weighted by Gasteiger charge is 2.43. The summed E-state index contributed by atoms with van der Waals surface area (Å²) in [4.78, 5) is 50.7. The summed E-state index contributed by atoms with van der Waals surface area (Å²) in [5.74, 6) is -0.152. The average Bonchev–Trinajstić information content (AvgIpc) is 3.24. The smallest absolute Gasteiger partial charge is 0.426 e. The Morgan fingerprint density at radius 1 is 1.34 bits per heavy atom. The number of hydrogen-bond donors (Lipinski definition) is 3. The van der Waals surface area contributed by atoms with Gasteiger partial charge in [0, 0.05) is 23.1 Å². The van der Waals surface area contributed by atoms with Gasteiger partial charge in [-0.05, 0) is 50.9 Å². The molecule has 1 aliphatic heterocycles. The van der Waals surface area contributed by atoms with Gasteiger partial charge in [-0.2, -0.15) is 0 Å². The van der Waals surface area contributed by atoms with Crippen molar-refractivity contribution < 1.29 is 37.9 Å². The van der Waals surface area contributed by atoms with E-state index >= 15 is 0 Å². The van der Waals surface area contributed by atoms with Crippen molar-refractivity contribution >= 4 is 13.8 Å². The van der Waals surface area contributed by atoms with E-state index in [-0.39, 0.29) is 17.7 Å². The number of rotatable bonds is 9. The first-order valence-electron chi connectivity index (χ1n) is 11.4. The van der Waals surface area contributed by atoms with Crippen LogP contribution in [0.2, 0.25) is 0 Å². The molecule has 0 spiro atoms. The number of aliphatic hydroxyl groups excluding tert-OH is 1. The van der Waals surface area contributed by atoms with Gasteiger partial charge in [-0.15, -0.1) is 0 Å². The van der Waals surface area contributed by atoms with E-state index in [9.17, 15) is 28.9 Å². The first-order chi connectivity index (χ1) is 17.7. The summed E-state index contributed by atoms with van der Waals surface area (Å²) in [6, 6.07) is 4.90. The molecule has 0 aliphatic carbocycles. The fourth-order valence-electron chi connectivity index (χ4n) is 3.38. The molecule has 0 saturated carbocycles. The van der Waals surface area contributed by atoms with Gasteiger partial charge in [0.05, 0.1) is 18.1 Å². The van der Waals surface area contributed by atoms with Crippen LogP contribution in [-0.4, -0.2) is 44.0 Å². The lowest BCUT2D eigenvalue weighted by Gasteiger charge is -2.23. The molecule has 3 unspecified atom stereocenters. The third-order valence-electron chi connectivity index (χ3n) is 5.46. The van der Waals surface area contributed by atoms with E-state index in [1.54, 1.807) is 20.8 Å². The molecule has 0 bridgehead atoms. The summed E-state index contributed by atoms with van der Waals surface area (Å²) in [6.45, 7) is 6.20. The maximum Gasteiger partial charge on any atom is 0.474 e. The number of phosphoric ester groups is 1. The molecule has 1 saturated heterocycles. The zero-order chi connectivity index (χ0) is 28.3. The minimum Gasteiger partial charge on any atom is -0.426 e. The Morgan fingerprint density at radius 3 is 2.61 bits per heavy atom. The van der Waals surface area contributed by atoms with Crippen LogP contribution in [0.4, 0.5) is 0 Å². The third kappa shape index (κ3) is 7.39. The Hall–Kier alpha value is -3.29. The Kier molecular flexibility index (Phi) is 8.95. The van der Waals surface area contributed by atoms with E-state index in [1.165, 1.54) is 37.4 Å². The normalized spacial score (nSPS) is 21.8. The highest BCUT2D eigenvalue weighted by Crippen LogP contribution is 2.47. The molecule has 206 valence electrons. The second-order valence-corrected chi connectivity index (χ2v) is 11.0. The monoisotopic (exact) mass is 553 g/mol. The molecule has 16 heteroatoms. The van der Waals surface area contributed by atoms with Gasteiger partial charge in [-0.1, -0.05) is 17.2 Å². The molecule has 15 nitrogen and oxygen atoms in total. The number of aromatic amines is 1. The highest BCUT2D eigenvalue weighted by molar-refractivity contribution is 7.47. The van der Waals surface area contributed by atoms with Gasteiger partial charge in [0.25, 0.3) is 5.56 Å². The van der Waals surface area contributed by atoms with Crippen molar-refractivity contribution in [1.29, 1.82) is 0 Å². The number of phosphoric acid groups is 1. The summed E-state index contributed by atoms with van der Waals surface area (Å²) in [7, 11) is -4.85. The molecular formula is C22H28N5O10P. The van der Waals surface area contributed by atoms with E-state index in [2.05, 4.69) is 15.0 Å². The number of aromatic nitrogens is 2. The highest BCUT2D eigenvalue weighted by atomic mass is 31.2. The summed E-state index contributed by atoms with van der Waals surface area (Å²) in [5.41, 5.74) is 7.44. The quantitative estimate of drug-likeness (QED) is 0.0783. The van der Waals surface area contributed by atoms with Gasteiger partial charge < -0.3 is 19.5 Å². The maximum absolute atomic E-state index is 12.5. The lowest BCUT2D eigenvalue weighted by Crippen LogP contribution is -2.36. The van der Waals surface area contributed by atoms with Crippen LogP contribution in [0.1, 0.15) is 44.5 Å². The van der Waals surface area contributed by atoms with Crippen LogP contribution < -0.4 is 16.0 Å². The SMILES string of the molecule is Cc1cn([C@H]2CC(N=[N+]=[N-])[C@@H](C(O)OP(=O)(O)OCc3ccc(OC(=O)C(C)(C)C)cc3)O2)c(=O)[nH]c1=O. The van der Waals surface area contributed by atoms with Crippen molar-refractivity contribution in [3.05, 3.63) is 72.9 Å². The number of nitrogens with zero attached hydrogens (tertiary/aromatic N) is 4. The molecule has 0 amide bonds. The Balaban J connectivity index is 1.63. The topological polar surface area (TPSA) is 215 Å². The summed E-state index contributed by atoms with van der Waals surface area (Å²) in [6.07, 6.45) is -3.43. The molecule has 1 aliphatic rings. The number of aliphatic hydroxyl groups is 1. The van der Waals surface area contributed by atoms with Crippen LogP contribution in [0.5, 0.6) is 5.75 Å². The summed E-state index contributed by atoms with van der Waals surface area (Å²) < 4.78 is 34.1. The van der Waals surface area contributed by atoms with E-state index in [0.717, 1.165) is 4.57 Å². The Bertz CT molecular complexity index is 1380. The number of nitrogens with one attached hydrogen (secondary N) is 1. The zero-order valence-corrected chi connectivity index (χ0v) is 21.9. The molecule has 1 fully saturated rings. The first kappa shape index (κ1) is 29.3. The Labute approximate surface area is 216 Å². The number of esters is 1. The van der Waals surface area contributed by atoms with Crippen molar-refractivity contribution in [1.82, 2.24) is 9.55 Å². The summed E-state index contributed by atoms with van der Waals surface area (Å²) in [5, 5.41) is 14.0. The number of hydrogen-bond acceptors (Lipinski definition) is 10. The van der Waals surface area contributed by atoms with Crippen molar-refractivity contribution in [3.8, 4) is 5.75 Å². The maximum atomic E-state index is 12.5. The van der Waals surface area contributed by atoms with Gasteiger partial charge >= 0.3 is 19.5 Å². The van der Waals surface area contributed by atoms with Crippen molar-refractivity contribution in [3.63, 3.8) is 0 Å². The standard InChI is InChI=1S/C22H28N5O10P/c1-12-10-27(21(31)24-18(12)28)16-9-15(25-26-23)17(36-16)19(29)37-38(32,33)34-11-13-5-7-14(8-6-13)35-20(30)22(2,3)4/h5-8,10,15-17,19,29H,9,11H2,1-4H3,(H,32,33)(H,24,28,31)/t15?,16-,17+,19?/m1/s1. The van der Waals surface area contributed by atoms with Gasteiger partial charge in [-0.25, -0.2) is 9.36 Å². The van der Waals surface area contributed by atoms with Crippen LogP contribution in [0.15, 0.2) is 45.2 Å². The van der Waals surface area contributed by atoms with Crippen LogP contribution in [0.25, 0.3) is 10.4 Å². The molecule has 2 aromatic rings. The molecule has 1 aromatic heterocycles. The van der Waals surface area contributed by atoms with Crippen LogP contribution in [0, 0.1) is 12.3 Å². The molecule has 3 rings (SSSR count). The second-order valence-electron chi connectivity index (χ2n) is 9.56. The number of carbonyl (C=O) groups excluding carboxylic acids is 1. The zero-order valence-electron chi connectivity index (χ0n) is 21.0. The van der Waals surface area contributed by atoms with Crippen molar-refractivity contribution in [2.45, 2.75) is 65.4 Å². The van der Waals surface area contributed by atoms with Crippen LogP contribution in [-0.2, 0) is 29.8 Å². The van der Waals surface area contributed by atoms with Crippen LogP contribution in [0.3, 0.4) is 0 Å². The van der Waals surface area contributed by atoms with E-state index in [4.69, 9.17) is 24.1 Å². The van der Waals surface area contributed by atoms with E-state index in [1.807, 2.05) is 0 Å². The third-order valence-corrected chi connectivity index (χ3v) is 6.39. The predicted octanol–water partition coefficient (Wildman–Crippen LogP) is 2.42. The number of benzene rings is 1. The van der Waals surface area contributed by atoms with Crippen LogP contribution >= 0.6 is 7.82 Å². The number of carbonyl (C=O) groups is 1. The summed E-state index contributed by atoms with van der Waals surface area (Å²) >= 11 is 0. The minimum absolute atomic E-state index is 0.0940. The molecule has 5 atom stereocenters. The Morgan fingerprint density at radius 2 is 2.00 bits per heavy atom. The largest absolute Gasteiger partial charge is 0.474 e. The first-order valence-corrected chi connectivity index (χ1v) is 12.9. The van der Waals surface area contributed by atoms with Crippen molar-refractivity contribution in [2.75, 3.05) is 0 Å². The van der Waals surface area contributed by atoms with E-state index in [0.29, 0.717) is 5.56 Å². The predicted molar refractivity (Wildman–Crippen MR) is 131 cm³/mol.